The van der Waals surface area contributed by atoms with Crippen LogP contribution >= 0.6 is 0 Å². The first-order chi connectivity index (χ1) is 7.36. The molecular formula is C12H14F2O2. The summed E-state index contributed by atoms with van der Waals surface area (Å²) >= 11 is 0. The molecule has 1 rings (SSSR count). The summed E-state index contributed by atoms with van der Waals surface area (Å²) in [7, 11) is 0. The second kappa shape index (κ2) is 4.60. The molecule has 1 aromatic rings. The Hall–Kier alpha value is -1.45. The second-order valence-corrected chi connectivity index (χ2v) is 4.08. The van der Waals surface area contributed by atoms with Gasteiger partial charge in [-0.3, -0.25) is 4.79 Å². The summed E-state index contributed by atoms with van der Waals surface area (Å²) in [5.74, 6) is -4.08. The Morgan fingerprint density at radius 3 is 2.25 bits per heavy atom. The van der Waals surface area contributed by atoms with E-state index < -0.39 is 23.5 Å². The number of halogens is 2. The molecule has 0 fully saturated rings. The van der Waals surface area contributed by atoms with E-state index in [9.17, 15) is 13.6 Å². The van der Waals surface area contributed by atoms with Gasteiger partial charge in [0.1, 0.15) is 11.6 Å². The quantitative estimate of drug-likeness (QED) is 0.862. The molecule has 1 N–H and O–H groups in total. The third kappa shape index (κ3) is 2.21. The topological polar surface area (TPSA) is 37.3 Å². The molecular weight excluding hydrogens is 214 g/mol. The van der Waals surface area contributed by atoms with Crippen LogP contribution in [-0.4, -0.2) is 11.1 Å². The molecule has 2 nitrogen and oxygen atoms in total. The van der Waals surface area contributed by atoms with E-state index in [1.165, 1.54) is 13.0 Å². The van der Waals surface area contributed by atoms with Gasteiger partial charge in [0, 0.05) is 5.56 Å². The molecule has 0 radical (unpaired) electrons. The molecule has 1 unspecified atom stereocenters. The average Bonchev–Trinajstić information content (AvgIpc) is 2.16. The maximum atomic E-state index is 13.9. The minimum atomic E-state index is -1.24. The number of rotatable bonds is 3. The molecule has 0 aliphatic rings. The molecule has 0 saturated carbocycles. The van der Waals surface area contributed by atoms with Crippen molar-refractivity contribution in [3.8, 4) is 0 Å². The van der Waals surface area contributed by atoms with Crippen molar-refractivity contribution in [2.24, 2.45) is 0 Å². The number of hydrogen-bond donors (Lipinski definition) is 1. The van der Waals surface area contributed by atoms with Gasteiger partial charge in [-0.05, 0) is 24.5 Å². The summed E-state index contributed by atoms with van der Waals surface area (Å²) < 4.78 is 27.3. The van der Waals surface area contributed by atoms with Crippen molar-refractivity contribution in [1.82, 2.24) is 0 Å². The van der Waals surface area contributed by atoms with Gasteiger partial charge in [0.2, 0.25) is 0 Å². The molecule has 0 heterocycles. The van der Waals surface area contributed by atoms with Crippen molar-refractivity contribution < 1.29 is 18.7 Å². The van der Waals surface area contributed by atoms with E-state index in [1.807, 2.05) is 0 Å². The van der Waals surface area contributed by atoms with Crippen molar-refractivity contribution in [1.29, 1.82) is 0 Å². The highest BCUT2D eigenvalue weighted by molar-refractivity contribution is 5.75. The first-order valence-corrected chi connectivity index (χ1v) is 5.06. The van der Waals surface area contributed by atoms with E-state index in [0.29, 0.717) is 5.56 Å². The van der Waals surface area contributed by atoms with Crippen LogP contribution in [0.3, 0.4) is 0 Å². The molecule has 0 spiro atoms. The average molecular weight is 228 g/mol. The standard InChI is InChI=1S/C12H14F2O2/c1-6(2)8-4-5-9(13)10(11(8)14)7(3)12(15)16/h4-7H,1-3H3,(H,15,16). The third-order valence-corrected chi connectivity index (χ3v) is 2.58. The predicted molar refractivity (Wildman–Crippen MR) is 56.5 cm³/mol. The Morgan fingerprint density at radius 1 is 1.25 bits per heavy atom. The molecule has 0 aromatic heterocycles. The zero-order chi connectivity index (χ0) is 12.5. The summed E-state index contributed by atoms with van der Waals surface area (Å²) in [6.45, 7) is 4.81. The zero-order valence-corrected chi connectivity index (χ0v) is 9.42. The fourth-order valence-corrected chi connectivity index (χ4v) is 1.55. The summed E-state index contributed by atoms with van der Waals surface area (Å²) in [4.78, 5) is 10.8. The van der Waals surface area contributed by atoms with Gasteiger partial charge in [0.15, 0.2) is 0 Å². The first-order valence-electron chi connectivity index (χ1n) is 5.06. The Bertz CT molecular complexity index is 414. The van der Waals surface area contributed by atoms with Crippen molar-refractivity contribution in [3.63, 3.8) is 0 Å². The number of carbonyl (C=O) groups is 1. The molecule has 16 heavy (non-hydrogen) atoms. The molecule has 4 heteroatoms. The van der Waals surface area contributed by atoms with Crippen LogP contribution in [0.2, 0.25) is 0 Å². The van der Waals surface area contributed by atoms with E-state index in [1.54, 1.807) is 13.8 Å². The van der Waals surface area contributed by atoms with Gasteiger partial charge in [0.25, 0.3) is 0 Å². The Labute approximate surface area is 92.9 Å². The fourth-order valence-electron chi connectivity index (χ4n) is 1.55. The van der Waals surface area contributed by atoms with Gasteiger partial charge in [-0.2, -0.15) is 0 Å². The Balaban J connectivity index is 3.37. The van der Waals surface area contributed by atoms with Crippen LogP contribution in [0.25, 0.3) is 0 Å². The van der Waals surface area contributed by atoms with Crippen LogP contribution in [0.4, 0.5) is 8.78 Å². The minimum absolute atomic E-state index is 0.111. The summed E-state index contributed by atoms with van der Waals surface area (Å²) in [5.41, 5.74) is -0.0248. The van der Waals surface area contributed by atoms with Gasteiger partial charge in [0.05, 0.1) is 5.92 Å². The highest BCUT2D eigenvalue weighted by Crippen LogP contribution is 2.28. The van der Waals surface area contributed by atoms with E-state index in [0.717, 1.165) is 6.07 Å². The van der Waals surface area contributed by atoms with Gasteiger partial charge in [-0.25, -0.2) is 8.78 Å². The number of benzene rings is 1. The van der Waals surface area contributed by atoms with Gasteiger partial charge in [-0.15, -0.1) is 0 Å². The fraction of sp³-hybridized carbons (Fsp3) is 0.417. The first kappa shape index (κ1) is 12.6. The van der Waals surface area contributed by atoms with Crippen molar-refractivity contribution in [2.45, 2.75) is 32.6 Å². The normalized spacial score (nSPS) is 12.9. The number of aliphatic carboxylic acids is 1. The number of carboxylic acid groups (broad SMARTS) is 1. The van der Waals surface area contributed by atoms with E-state index in [4.69, 9.17) is 5.11 Å². The molecule has 88 valence electrons. The second-order valence-electron chi connectivity index (χ2n) is 4.08. The maximum Gasteiger partial charge on any atom is 0.310 e. The SMILES string of the molecule is CC(C)c1ccc(F)c(C(C)C(=O)O)c1F. The highest BCUT2D eigenvalue weighted by Gasteiger charge is 2.24. The lowest BCUT2D eigenvalue weighted by molar-refractivity contribution is -0.138. The van der Waals surface area contributed by atoms with E-state index in [2.05, 4.69) is 0 Å². The molecule has 1 aromatic carbocycles. The lowest BCUT2D eigenvalue weighted by Gasteiger charge is -2.14. The maximum absolute atomic E-state index is 13.9. The molecule has 1 atom stereocenters. The van der Waals surface area contributed by atoms with Crippen molar-refractivity contribution >= 4 is 5.97 Å². The minimum Gasteiger partial charge on any atom is -0.481 e. The lowest BCUT2D eigenvalue weighted by atomic mass is 9.93. The number of carboxylic acids is 1. The molecule has 0 aliphatic heterocycles. The Morgan fingerprint density at radius 2 is 1.81 bits per heavy atom. The predicted octanol–water partition coefficient (Wildman–Crippen LogP) is 3.28. The van der Waals surface area contributed by atoms with Crippen LogP contribution in [0.15, 0.2) is 12.1 Å². The zero-order valence-electron chi connectivity index (χ0n) is 9.42. The molecule has 0 bridgehead atoms. The van der Waals surface area contributed by atoms with Crippen LogP contribution < -0.4 is 0 Å². The third-order valence-electron chi connectivity index (χ3n) is 2.58. The summed E-state index contributed by atoms with van der Waals surface area (Å²) in [6.07, 6.45) is 0. The smallest absolute Gasteiger partial charge is 0.310 e. The van der Waals surface area contributed by atoms with Crippen LogP contribution in [-0.2, 0) is 4.79 Å². The van der Waals surface area contributed by atoms with Gasteiger partial charge < -0.3 is 5.11 Å². The molecule has 0 aliphatic carbocycles. The van der Waals surface area contributed by atoms with Crippen molar-refractivity contribution in [3.05, 3.63) is 34.9 Å². The van der Waals surface area contributed by atoms with Crippen LogP contribution in [0, 0.1) is 11.6 Å². The van der Waals surface area contributed by atoms with Gasteiger partial charge >= 0.3 is 5.97 Å². The molecule has 0 amide bonds. The monoisotopic (exact) mass is 228 g/mol. The van der Waals surface area contributed by atoms with Crippen LogP contribution in [0.1, 0.15) is 43.7 Å². The van der Waals surface area contributed by atoms with Crippen LogP contribution in [0.5, 0.6) is 0 Å². The Kier molecular flexibility index (Phi) is 3.62. The van der Waals surface area contributed by atoms with E-state index in [-0.39, 0.29) is 11.5 Å². The highest BCUT2D eigenvalue weighted by atomic mass is 19.1. The summed E-state index contributed by atoms with van der Waals surface area (Å²) in [6, 6.07) is 2.47. The molecule has 0 saturated heterocycles. The van der Waals surface area contributed by atoms with Crippen molar-refractivity contribution in [2.75, 3.05) is 0 Å². The summed E-state index contributed by atoms with van der Waals surface area (Å²) in [5, 5.41) is 8.78. The largest absolute Gasteiger partial charge is 0.481 e. The lowest BCUT2D eigenvalue weighted by Crippen LogP contribution is -2.13. The number of hydrogen-bond acceptors (Lipinski definition) is 1. The van der Waals surface area contributed by atoms with Gasteiger partial charge in [-0.1, -0.05) is 19.9 Å². The van der Waals surface area contributed by atoms with E-state index >= 15 is 0 Å².